The molecule has 2 rings (SSSR count). The molecule has 1 aromatic heterocycles. The molecule has 1 unspecified atom stereocenters. The summed E-state index contributed by atoms with van der Waals surface area (Å²) in [6, 6.07) is 0. The number of carboxylic acids is 1. The van der Waals surface area contributed by atoms with Gasteiger partial charge in [-0.15, -0.1) is 0 Å². The van der Waals surface area contributed by atoms with Gasteiger partial charge in [0.05, 0.1) is 12.3 Å². The first-order chi connectivity index (χ1) is 7.75. The van der Waals surface area contributed by atoms with Gasteiger partial charge in [0, 0.05) is 11.8 Å². The monoisotopic (exact) mass is 248 g/mol. The second-order valence-corrected chi connectivity index (χ2v) is 3.69. The molecule has 1 aliphatic heterocycles. The Morgan fingerprint density at radius 2 is 2.24 bits per heavy atom. The molecule has 0 amide bonds. The molecule has 1 aliphatic rings. The minimum absolute atomic E-state index is 0.148. The van der Waals surface area contributed by atoms with Crippen molar-refractivity contribution in [3.05, 3.63) is 23.3 Å². The molecule has 0 radical (unpaired) electrons. The smallest absolute Gasteiger partial charge is 0.422 e. The van der Waals surface area contributed by atoms with Gasteiger partial charge < -0.3 is 9.84 Å². The number of hydrogen-bond donors (Lipinski definition) is 1. The molecule has 17 heavy (non-hydrogen) atoms. The molecule has 2 heterocycles. The topological polar surface area (TPSA) is 72.3 Å². The van der Waals surface area contributed by atoms with Gasteiger partial charge in [0.1, 0.15) is 0 Å². The molecule has 0 bridgehead atoms. The van der Waals surface area contributed by atoms with Crippen LogP contribution in [0.25, 0.3) is 0 Å². The number of aromatic carboxylic acids is 1. The second-order valence-electron chi connectivity index (χ2n) is 3.69. The Morgan fingerprint density at radius 3 is 2.76 bits per heavy atom. The van der Waals surface area contributed by atoms with Crippen LogP contribution in [-0.2, 0) is 16.9 Å². The SMILES string of the molecule is CC1(C(F)(F)F)OCc2cnc(C(=O)O)nc21. The Labute approximate surface area is 93.3 Å². The van der Waals surface area contributed by atoms with Crippen LogP contribution in [-0.4, -0.2) is 27.2 Å². The van der Waals surface area contributed by atoms with Gasteiger partial charge in [0.2, 0.25) is 11.4 Å². The molecule has 1 N–H and O–H groups in total. The van der Waals surface area contributed by atoms with E-state index in [0.717, 1.165) is 13.1 Å². The third-order valence-corrected chi connectivity index (χ3v) is 2.56. The Hall–Kier alpha value is -1.70. The maximum atomic E-state index is 12.8. The van der Waals surface area contributed by atoms with E-state index in [1.807, 2.05) is 0 Å². The summed E-state index contributed by atoms with van der Waals surface area (Å²) in [6.07, 6.45) is -3.62. The van der Waals surface area contributed by atoms with Gasteiger partial charge in [0.25, 0.3) is 0 Å². The Bertz CT molecular complexity index is 489. The largest absolute Gasteiger partial charge is 0.475 e. The number of fused-ring (bicyclic) bond motifs is 1. The van der Waals surface area contributed by atoms with Crippen LogP contribution in [0.3, 0.4) is 0 Å². The molecule has 0 aromatic carbocycles. The number of carboxylic acid groups (broad SMARTS) is 1. The van der Waals surface area contributed by atoms with Gasteiger partial charge in [-0.25, -0.2) is 14.8 Å². The summed E-state index contributed by atoms with van der Waals surface area (Å²) in [5.41, 5.74) is -2.86. The number of alkyl halides is 3. The van der Waals surface area contributed by atoms with Crippen molar-refractivity contribution in [1.82, 2.24) is 9.97 Å². The number of aromatic nitrogens is 2. The van der Waals surface area contributed by atoms with E-state index in [-0.39, 0.29) is 12.2 Å². The summed E-state index contributed by atoms with van der Waals surface area (Å²) in [5.74, 6) is -2.16. The lowest BCUT2D eigenvalue weighted by atomic mass is 10.0. The Kier molecular flexibility index (Phi) is 2.35. The minimum atomic E-state index is -4.66. The van der Waals surface area contributed by atoms with E-state index in [0.29, 0.717) is 0 Å². The molecular formula is C9H7F3N2O3. The number of nitrogens with zero attached hydrogens (tertiary/aromatic N) is 2. The van der Waals surface area contributed by atoms with Crippen molar-refractivity contribution in [2.24, 2.45) is 0 Å². The van der Waals surface area contributed by atoms with E-state index in [1.165, 1.54) is 0 Å². The Morgan fingerprint density at radius 1 is 1.59 bits per heavy atom. The summed E-state index contributed by atoms with van der Waals surface area (Å²) in [6.45, 7) is 0.530. The number of carbonyl (C=O) groups is 1. The molecule has 0 saturated carbocycles. The number of rotatable bonds is 1. The van der Waals surface area contributed by atoms with Crippen LogP contribution in [0.4, 0.5) is 13.2 Å². The van der Waals surface area contributed by atoms with Crippen molar-refractivity contribution in [2.45, 2.75) is 25.3 Å². The first-order valence-corrected chi connectivity index (χ1v) is 4.56. The predicted molar refractivity (Wildman–Crippen MR) is 47.2 cm³/mol. The van der Waals surface area contributed by atoms with E-state index >= 15 is 0 Å². The molecule has 8 heteroatoms. The van der Waals surface area contributed by atoms with Crippen LogP contribution in [0.5, 0.6) is 0 Å². The number of hydrogen-bond acceptors (Lipinski definition) is 4. The molecular weight excluding hydrogens is 241 g/mol. The van der Waals surface area contributed by atoms with Crippen molar-refractivity contribution in [3.8, 4) is 0 Å². The lowest BCUT2D eigenvalue weighted by Gasteiger charge is -2.26. The summed E-state index contributed by atoms with van der Waals surface area (Å²) < 4.78 is 43.2. The zero-order valence-electron chi connectivity index (χ0n) is 8.58. The van der Waals surface area contributed by atoms with Crippen molar-refractivity contribution in [2.75, 3.05) is 0 Å². The van der Waals surface area contributed by atoms with E-state index < -0.39 is 29.3 Å². The summed E-state index contributed by atoms with van der Waals surface area (Å²) >= 11 is 0. The predicted octanol–water partition coefficient (Wildman–Crippen LogP) is 1.48. The first-order valence-electron chi connectivity index (χ1n) is 4.56. The highest BCUT2D eigenvalue weighted by Gasteiger charge is 2.58. The van der Waals surface area contributed by atoms with Gasteiger partial charge in [0.15, 0.2) is 0 Å². The van der Waals surface area contributed by atoms with Crippen LogP contribution in [0.2, 0.25) is 0 Å². The lowest BCUT2D eigenvalue weighted by molar-refractivity contribution is -0.273. The highest BCUT2D eigenvalue weighted by atomic mass is 19.4. The highest BCUT2D eigenvalue weighted by molar-refractivity contribution is 5.83. The maximum absolute atomic E-state index is 12.8. The number of halogens is 3. The van der Waals surface area contributed by atoms with Crippen LogP contribution < -0.4 is 0 Å². The molecule has 1 aromatic rings. The van der Waals surface area contributed by atoms with Gasteiger partial charge in [-0.05, 0) is 6.92 Å². The van der Waals surface area contributed by atoms with Crippen LogP contribution in [0, 0.1) is 0 Å². The van der Waals surface area contributed by atoms with Crippen LogP contribution >= 0.6 is 0 Å². The summed E-state index contributed by atoms with van der Waals surface area (Å²) in [5, 5.41) is 8.64. The average Bonchev–Trinajstić information content (AvgIpc) is 2.56. The molecule has 0 aliphatic carbocycles. The van der Waals surface area contributed by atoms with Crippen molar-refractivity contribution in [3.63, 3.8) is 0 Å². The molecule has 92 valence electrons. The lowest BCUT2D eigenvalue weighted by Crippen LogP contribution is -2.40. The van der Waals surface area contributed by atoms with Gasteiger partial charge in [-0.3, -0.25) is 0 Å². The summed E-state index contributed by atoms with van der Waals surface area (Å²) in [4.78, 5) is 17.5. The molecule has 1 atom stereocenters. The van der Waals surface area contributed by atoms with Gasteiger partial charge >= 0.3 is 12.1 Å². The number of ether oxygens (including phenoxy) is 1. The van der Waals surface area contributed by atoms with E-state index in [2.05, 4.69) is 14.7 Å². The molecule has 0 spiro atoms. The highest BCUT2D eigenvalue weighted by Crippen LogP contribution is 2.46. The second kappa shape index (κ2) is 3.39. The molecule has 0 fully saturated rings. The van der Waals surface area contributed by atoms with Crippen LogP contribution in [0.15, 0.2) is 6.20 Å². The average molecular weight is 248 g/mol. The third kappa shape index (κ3) is 1.64. The normalized spacial score (nSPS) is 23.5. The Balaban J connectivity index is 2.57. The third-order valence-electron chi connectivity index (χ3n) is 2.56. The van der Waals surface area contributed by atoms with E-state index in [1.54, 1.807) is 0 Å². The van der Waals surface area contributed by atoms with E-state index in [9.17, 15) is 18.0 Å². The minimum Gasteiger partial charge on any atom is -0.475 e. The molecule has 0 saturated heterocycles. The fourth-order valence-electron chi connectivity index (χ4n) is 1.54. The first kappa shape index (κ1) is 11.8. The van der Waals surface area contributed by atoms with Crippen molar-refractivity contribution < 1.29 is 27.8 Å². The standard InChI is InChI=1S/C9H7F3N2O3/c1-8(9(10,11)12)5-4(3-17-8)2-13-6(14-5)7(15)16/h2H,3H2,1H3,(H,15,16). The fraction of sp³-hybridized carbons (Fsp3) is 0.444. The van der Waals surface area contributed by atoms with E-state index in [4.69, 9.17) is 5.11 Å². The zero-order chi connectivity index (χ0) is 12.8. The fourth-order valence-corrected chi connectivity index (χ4v) is 1.54. The van der Waals surface area contributed by atoms with Gasteiger partial charge in [-0.1, -0.05) is 0 Å². The zero-order valence-corrected chi connectivity index (χ0v) is 8.58. The molecule has 5 nitrogen and oxygen atoms in total. The van der Waals surface area contributed by atoms with Gasteiger partial charge in [-0.2, -0.15) is 13.2 Å². The maximum Gasteiger partial charge on any atom is 0.422 e. The summed E-state index contributed by atoms with van der Waals surface area (Å²) in [7, 11) is 0. The van der Waals surface area contributed by atoms with Crippen LogP contribution in [0.1, 0.15) is 28.8 Å². The van der Waals surface area contributed by atoms with Crippen molar-refractivity contribution in [1.29, 1.82) is 0 Å². The van der Waals surface area contributed by atoms with Crippen molar-refractivity contribution >= 4 is 5.97 Å². The quantitative estimate of drug-likeness (QED) is 0.814.